The first-order valence-corrected chi connectivity index (χ1v) is 21.8. The molecule has 0 spiro atoms. The topological polar surface area (TPSA) is 17.8 Å². The summed E-state index contributed by atoms with van der Waals surface area (Å²) in [6, 6.07) is 89.8. The summed E-state index contributed by atoms with van der Waals surface area (Å²) in [5.74, 6) is 0. The Hall–Kier alpha value is -8.07. The fourth-order valence-corrected chi connectivity index (χ4v) is 10.9. The molecule has 2 nitrogen and oxygen atoms in total. The molecule has 0 N–H and O–H groups in total. The SMILES string of the molecule is c1ccc(C(c2ccccc2)(c2ccccc2)c2ccc3c(c2)C(c2ccccc2)(c2ccccc2)c2cc(-c4ccc5c(c4)c4ccccc4n5-c4cccnc4)ccc2-3)cc1. The van der Waals surface area contributed by atoms with Gasteiger partial charge < -0.3 is 4.57 Å². The van der Waals surface area contributed by atoms with Crippen LogP contribution < -0.4 is 0 Å². The second-order valence-electron chi connectivity index (χ2n) is 16.6. The van der Waals surface area contributed by atoms with E-state index in [2.05, 4.69) is 246 Å². The van der Waals surface area contributed by atoms with Crippen molar-refractivity contribution in [2.24, 2.45) is 0 Å². The first-order valence-electron chi connectivity index (χ1n) is 21.8. The summed E-state index contributed by atoms with van der Waals surface area (Å²) >= 11 is 0. The van der Waals surface area contributed by atoms with Crippen molar-refractivity contribution < 1.29 is 0 Å². The molecule has 0 saturated carbocycles. The predicted molar refractivity (Wildman–Crippen MR) is 260 cm³/mol. The maximum atomic E-state index is 4.48. The monoisotopic (exact) mass is 802 g/mol. The highest BCUT2D eigenvalue weighted by molar-refractivity contribution is 6.10. The van der Waals surface area contributed by atoms with Gasteiger partial charge >= 0.3 is 0 Å². The molecule has 2 aromatic heterocycles. The van der Waals surface area contributed by atoms with Crippen molar-refractivity contribution in [2.75, 3.05) is 0 Å². The largest absolute Gasteiger partial charge is 0.308 e. The molecular weight excluding hydrogens is 761 g/mol. The molecule has 0 atom stereocenters. The lowest BCUT2D eigenvalue weighted by Gasteiger charge is -2.39. The minimum absolute atomic E-state index is 0.595. The Balaban J connectivity index is 1.13. The third-order valence-electron chi connectivity index (χ3n) is 13.5. The van der Waals surface area contributed by atoms with Crippen LogP contribution in [0, 0.1) is 0 Å². The first-order chi connectivity index (χ1) is 31.3. The van der Waals surface area contributed by atoms with Crippen LogP contribution in [-0.2, 0) is 10.8 Å². The number of nitrogens with zero attached hydrogens (tertiary/aromatic N) is 2. The van der Waals surface area contributed by atoms with Crippen LogP contribution in [-0.4, -0.2) is 9.55 Å². The Labute approximate surface area is 368 Å². The molecule has 0 fully saturated rings. The van der Waals surface area contributed by atoms with Gasteiger partial charge in [0.05, 0.1) is 33.7 Å². The number of fused-ring (bicyclic) bond motifs is 6. The van der Waals surface area contributed by atoms with Gasteiger partial charge in [0.2, 0.25) is 0 Å². The minimum Gasteiger partial charge on any atom is -0.308 e. The van der Waals surface area contributed by atoms with Gasteiger partial charge in [-0.25, -0.2) is 0 Å². The molecule has 0 radical (unpaired) electrons. The number of para-hydroxylation sites is 1. The van der Waals surface area contributed by atoms with Crippen molar-refractivity contribution in [1.29, 1.82) is 0 Å². The van der Waals surface area contributed by atoms with Crippen LogP contribution in [0.25, 0.3) is 49.7 Å². The molecule has 2 heteroatoms. The van der Waals surface area contributed by atoms with Crippen molar-refractivity contribution in [3.63, 3.8) is 0 Å². The molecule has 1 aliphatic carbocycles. The molecule has 0 unspecified atom stereocenters. The van der Waals surface area contributed by atoms with E-state index in [1.54, 1.807) is 0 Å². The lowest BCUT2D eigenvalue weighted by Crippen LogP contribution is -2.33. The highest BCUT2D eigenvalue weighted by Crippen LogP contribution is 2.58. The lowest BCUT2D eigenvalue weighted by molar-refractivity contribution is 0.729. The molecule has 11 aromatic rings. The predicted octanol–water partition coefficient (Wildman–Crippen LogP) is 14.6. The van der Waals surface area contributed by atoms with E-state index in [0.717, 1.165) is 11.2 Å². The van der Waals surface area contributed by atoms with Crippen LogP contribution in [0.3, 0.4) is 0 Å². The van der Waals surface area contributed by atoms with Crippen LogP contribution in [0.2, 0.25) is 0 Å². The maximum absolute atomic E-state index is 4.48. The van der Waals surface area contributed by atoms with Crippen LogP contribution in [0.4, 0.5) is 0 Å². The van der Waals surface area contributed by atoms with Crippen molar-refractivity contribution >= 4 is 21.8 Å². The van der Waals surface area contributed by atoms with Gasteiger partial charge in [-0.15, -0.1) is 0 Å². The zero-order valence-corrected chi connectivity index (χ0v) is 34.6. The summed E-state index contributed by atoms with van der Waals surface area (Å²) in [6.45, 7) is 0. The van der Waals surface area contributed by atoms with E-state index >= 15 is 0 Å². The van der Waals surface area contributed by atoms with Gasteiger partial charge in [0.25, 0.3) is 0 Å². The van der Waals surface area contributed by atoms with E-state index in [9.17, 15) is 0 Å². The lowest BCUT2D eigenvalue weighted by atomic mass is 9.63. The number of benzene rings is 9. The second kappa shape index (κ2) is 14.8. The Kier molecular flexibility index (Phi) is 8.65. The number of aromatic nitrogens is 2. The van der Waals surface area contributed by atoms with Crippen LogP contribution in [0.1, 0.15) is 44.5 Å². The van der Waals surface area contributed by atoms with Crippen molar-refractivity contribution in [1.82, 2.24) is 9.55 Å². The van der Waals surface area contributed by atoms with E-state index in [-0.39, 0.29) is 0 Å². The van der Waals surface area contributed by atoms with Crippen LogP contribution >= 0.6 is 0 Å². The Morgan fingerprint density at radius 1 is 0.365 bits per heavy atom. The summed E-state index contributed by atoms with van der Waals surface area (Å²) in [5.41, 5.74) is 17.0. The fourth-order valence-electron chi connectivity index (χ4n) is 10.9. The molecule has 1 aliphatic rings. The molecule has 0 aliphatic heterocycles. The summed E-state index contributed by atoms with van der Waals surface area (Å²) in [4.78, 5) is 4.48. The van der Waals surface area contributed by atoms with Gasteiger partial charge in [-0.1, -0.05) is 206 Å². The van der Waals surface area contributed by atoms with Crippen LogP contribution in [0.15, 0.2) is 255 Å². The van der Waals surface area contributed by atoms with Gasteiger partial charge in [0, 0.05) is 17.0 Å². The molecule has 12 rings (SSSR count). The minimum atomic E-state index is -0.616. The number of hydrogen-bond acceptors (Lipinski definition) is 1. The van der Waals surface area contributed by atoms with E-state index in [1.807, 2.05) is 18.5 Å². The highest BCUT2D eigenvalue weighted by Gasteiger charge is 2.48. The smallest absolute Gasteiger partial charge is 0.0713 e. The van der Waals surface area contributed by atoms with Crippen molar-refractivity contribution in [2.45, 2.75) is 10.8 Å². The summed E-state index contributed by atoms with van der Waals surface area (Å²) in [5, 5.41) is 2.44. The molecule has 63 heavy (non-hydrogen) atoms. The molecule has 0 amide bonds. The second-order valence-corrected chi connectivity index (χ2v) is 16.6. The van der Waals surface area contributed by atoms with Crippen LogP contribution in [0.5, 0.6) is 0 Å². The zero-order chi connectivity index (χ0) is 41.8. The summed E-state index contributed by atoms with van der Waals surface area (Å²) < 4.78 is 2.33. The van der Waals surface area contributed by atoms with Gasteiger partial charge in [0.15, 0.2) is 0 Å². The number of rotatable bonds is 8. The quantitative estimate of drug-likeness (QED) is 0.140. The van der Waals surface area contributed by atoms with Crippen molar-refractivity contribution in [3.8, 4) is 27.9 Å². The molecule has 296 valence electrons. The van der Waals surface area contributed by atoms with Gasteiger partial charge in [-0.05, 0) is 103 Å². The van der Waals surface area contributed by atoms with E-state index in [4.69, 9.17) is 0 Å². The molecule has 0 bridgehead atoms. The number of hydrogen-bond donors (Lipinski definition) is 0. The Morgan fingerprint density at radius 3 is 1.44 bits per heavy atom. The van der Waals surface area contributed by atoms with Gasteiger partial charge in [0.1, 0.15) is 0 Å². The molecule has 0 saturated heterocycles. The molecule has 2 heterocycles. The third kappa shape index (κ3) is 5.55. The molecular formula is C61H42N2. The van der Waals surface area contributed by atoms with Crippen molar-refractivity contribution in [3.05, 3.63) is 300 Å². The first kappa shape index (κ1) is 36.8. The maximum Gasteiger partial charge on any atom is 0.0713 e. The van der Waals surface area contributed by atoms with E-state index in [1.165, 1.54) is 83.1 Å². The average Bonchev–Trinajstić information content (AvgIpc) is 3.86. The van der Waals surface area contributed by atoms with E-state index < -0.39 is 10.8 Å². The Bertz CT molecular complexity index is 3280. The number of pyridine rings is 1. The highest BCUT2D eigenvalue weighted by atomic mass is 15.0. The zero-order valence-electron chi connectivity index (χ0n) is 34.6. The summed E-state index contributed by atoms with van der Waals surface area (Å²) in [7, 11) is 0. The van der Waals surface area contributed by atoms with Gasteiger partial charge in [-0.3, -0.25) is 4.98 Å². The third-order valence-corrected chi connectivity index (χ3v) is 13.5. The van der Waals surface area contributed by atoms with E-state index in [0.29, 0.717) is 0 Å². The standard InChI is InChI=1S/C61H42N2/c1-6-19-45(20-7-1)60(46-21-8-2-9-22-46,47-23-10-3-11-24-47)50-34-36-53-52-35-32-44(40-56(52)61(57(53)41-50,48-25-12-4-13-26-48)49-27-14-5-15-28-49)43-33-37-59-55(39-43)54-30-16-17-31-58(54)63(59)51-29-18-38-62-42-51/h1-42H. The summed E-state index contributed by atoms with van der Waals surface area (Å²) in [6.07, 6.45) is 3.78. The van der Waals surface area contributed by atoms with Gasteiger partial charge in [-0.2, -0.15) is 0 Å². The normalized spacial score (nSPS) is 12.9. The fraction of sp³-hybridized carbons (Fsp3) is 0.0328. The molecule has 9 aromatic carbocycles. The average molecular weight is 803 g/mol. The Morgan fingerprint density at radius 2 is 0.857 bits per heavy atom.